The standard InChI is InChI=1S/C17H26O5/c1-9-6-14(19)13(16(4,5)22-11(3)18)7-12-10(2)15(20)8-17(9,12)21/h9,13-14,19,21H,6-8H2,1-5H3/t9-,13-,14+,17-/m0/s1. The molecule has 0 spiro atoms. The molecule has 5 heteroatoms. The lowest BCUT2D eigenvalue weighted by Gasteiger charge is -2.36. The highest BCUT2D eigenvalue weighted by Crippen LogP contribution is 2.49. The predicted molar refractivity (Wildman–Crippen MR) is 81.0 cm³/mol. The van der Waals surface area contributed by atoms with Crippen LogP contribution in [0.2, 0.25) is 0 Å². The number of rotatable bonds is 2. The van der Waals surface area contributed by atoms with Crippen LogP contribution >= 0.6 is 0 Å². The van der Waals surface area contributed by atoms with Gasteiger partial charge >= 0.3 is 5.97 Å². The van der Waals surface area contributed by atoms with Crippen molar-refractivity contribution in [2.75, 3.05) is 0 Å². The molecule has 0 aromatic carbocycles. The van der Waals surface area contributed by atoms with Crippen LogP contribution in [0, 0.1) is 11.8 Å². The number of hydrogen-bond acceptors (Lipinski definition) is 5. The van der Waals surface area contributed by atoms with Crippen molar-refractivity contribution in [2.45, 2.75) is 71.2 Å². The van der Waals surface area contributed by atoms with E-state index in [1.807, 2.05) is 6.92 Å². The fourth-order valence-corrected chi connectivity index (χ4v) is 4.01. The third-order valence-electron chi connectivity index (χ3n) is 5.42. The van der Waals surface area contributed by atoms with E-state index in [4.69, 9.17) is 4.74 Å². The molecule has 0 aromatic rings. The van der Waals surface area contributed by atoms with Crippen molar-refractivity contribution in [3.8, 4) is 0 Å². The molecule has 5 nitrogen and oxygen atoms in total. The predicted octanol–water partition coefficient (Wildman–Crippen LogP) is 1.76. The SMILES string of the molecule is CC(=O)OC(C)(C)[C@H]1CC2=C(C)C(=O)C[C@]2(O)[C@@H](C)C[C@H]1O. The Labute approximate surface area is 131 Å². The van der Waals surface area contributed by atoms with Gasteiger partial charge in [0.05, 0.1) is 11.7 Å². The molecule has 0 saturated heterocycles. The summed E-state index contributed by atoms with van der Waals surface area (Å²) in [5, 5.41) is 21.6. The Morgan fingerprint density at radius 3 is 2.55 bits per heavy atom. The van der Waals surface area contributed by atoms with Crippen molar-refractivity contribution >= 4 is 11.8 Å². The maximum absolute atomic E-state index is 12.1. The molecular weight excluding hydrogens is 284 g/mol. The second kappa shape index (κ2) is 5.46. The molecule has 0 amide bonds. The topological polar surface area (TPSA) is 83.8 Å². The lowest BCUT2D eigenvalue weighted by atomic mass is 9.80. The molecular formula is C17H26O5. The summed E-state index contributed by atoms with van der Waals surface area (Å²) in [6.45, 7) is 8.47. The summed E-state index contributed by atoms with van der Waals surface area (Å²) in [6, 6.07) is 0. The minimum absolute atomic E-state index is 0.0372. The van der Waals surface area contributed by atoms with Crippen LogP contribution in [0.15, 0.2) is 11.1 Å². The third kappa shape index (κ3) is 2.72. The van der Waals surface area contributed by atoms with E-state index in [2.05, 4.69) is 0 Å². The van der Waals surface area contributed by atoms with Crippen molar-refractivity contribution in [2.24, 2.45) is 11.8 Å². The Bertz CT molecular complexity index is 533. The van der Waals surface area contributed by atoms with Crippen molar-refractivity contribution in [1.29, 1.82) is 0 Å². The van der Waals surface area contributed by atoms with Crippen molar-refractivity contribution in [3.05, 3.63) is 11.1 Å². The van der Waals surface area contributed by atoms with E-state index in [1.54, 1.807) is 20.8 Å². The Balaban J connectivity index is 2.43. The van der Waals surface area contributed by atoms with Crippen LogP contribution < -0.4 is 0 Å². The van der Waals surface area contributed by atoms with Gasteiger partial charge in [-0.2, -0.15) is 0 Å². The highest BCUT2D eigenvalue weighted by molar-refractivity contribution is 6.00. The molecule has 0 unspecified atom stereocenters. The quantitative estimate of drug-likeness (QED) is 0.759. The minimum Gasteiger partial charge on any atom is -0.459 e. The van der Waals surface area contributed by atoms with Gasteiger partial charge in [-0.25, -0.2) is 0 Å². The first-order valence-electron chi connectivity index (χ1n) is 7.82. The van der Waals surface area contributed by atoms with Gasteiger partial charge in [0, 0.05) is 19.3 Å². The summed E-state index contributed by atoms with van der Waals surface area (Å²) in [5.41, 5.74) is -0.753. The van der Waals surface area contributed by atoms with Crippen molar-refractivity contribution in [3.63, 3.8) is 0 Å². The average Bonchev–Trinajstić information content (AvgIpc) is 2.50. The molecule has 22 heavy (non-hydrogen) atoms. The van der Waals surface area contributed by atoms with Crippen LogP contribution in [0.5, 0.6) is 0 Å². The smallest absolute Gasteiger partial charge is 0.303 e. The van der Waals surface area contributed by atoms with Crippen molar-refractivity contribution in [1.82, 2.24) is 0 Å². The van der Waals surface area contributed by atoms with Crippen LogP contribution in [0.1, 0.15) is 53.9 Å². The average molecular weight is 310 g/mol. The zero-order valence-electron chi connectivity index (χ0n) is 14.0. The number of hydrogen-bond donors (Lipinski definition) is 2. The highest BCUT2D eigenvalue weighted by Gasteiger charge is 2.52. The van der Waals surface area contributed by atoms with Crippen LogP contribution in [0.3, 0.4) is 0 Å². The largest absolute Gasteiger partial charge is 0.459 e. The van der Waals surface area contributed by atoms with Crippen LogP contribution in [0.25, 0.3) is 0 Å². The van der Waals surface area contributed by atoms with E-state index < -0.39 is 23.3 Å². The van der Waals surface area contributed by atoms with Gasteiger partial charge in [0.15, 0.2) is 5.78 Å². The van der Waals surface area contributed by atoms with Gasteiger partial charge in [0.1, 0.15) is 5.60 Å². The number of fused-ring (bicyclic) bond motifs is 1. The highest BCUT2D eigenvalue weighted by atomic mass is 16.6. The van der Waals surface area contributed by atoms with E-state index in [9.17, 15) is 19.8 Å². The zero-order chi connectivity index (χ0) is 16.9. The van der Waals surface area contributed by atoms with E-state index >= 15 is 0 Å². The molecule has 124 valence electrons. The van der Waals surface area contributed by atoms with Gasteiger partial charge in [0.25, 0.3) is 0 Å². The Kier molecular flexibility index (Phi) is 4.26. The minimum atomic E-state index is -1.18. The summed E-state index contributed by atoms with van der Waals surface area (Å²) in [4.78, 5) is 23.4. The summed E-state index contributed by atoms with van der Waals surface area (Å²) in [5.74, 6) is -1.02. The fourth-order valence-electron chi connectivity index (χ4n) is 4.01. The van der Waals surface area contributed by atoms with E-state index in [0.717, 1.165) is 0 Å². The Hall–Kier alpha value is -1.20. The molecule has 0 heterocycles. The first-order chi connectivity index (χ1) is 9.99. The lowest BCUT2D eigenvalue weighted by Crippen LogP contribution is -2.42. The van der Waals surface area contributed by atoms with E-state index in [-0.39, 0.29) is 24.0 Å². The maximum Gasteiger partial charge on any atom is 0.303 e. The van der Waals surface area contributed by atoms with Gasteiger partial charge in [-0.3, -0.25) is 9.59 Å². The molecule has 0 bridgehead atoms. The number of carbonyl (C=O) groups excluding carboxylic acids is 2. The summed E-state index contributed by atoms with van der Waals surface area (Å²) >= 11 is 0. The third-order valence-corrected chi connectivity index (χ3v) is 5.42. The normalized spacial score (nSPS) is 36.1. The molecule has 0 radical (unpaired) electrons. The Morgan fingerprint density at radius 1 is 1.41 bits per heavy atom. The second-order valence-electron chi connectivity index (χ2n) is 7.34. The van der Waals surface area contributed by atoms with Crippen LogP contribution in [-0.4, -0.2) is 39.3 Å². The maximum atomic E-state index is 12.1. The molecule has 0 aliphatic heterocycles. The summed E-state index contributed by atoms with van der Waals surface area (Å²) in [7, 11) is 0. The summed E-state index contributed by atoms with van der Waals surface area (Å²) < 4.78 is 5.39. The number of Topliss-reactive ketones (excluding diaryl/α,β-unsaturated/α-hetero) is 1. The van der Waals surface area contributed by atoms with E-state index in [1.165, 1.54) is 6.92 Å². The van der Waals surface area contributed by atoms with Gasteiger partial charge in [0.2, 0.25) is 0 Å². The van der Waals surface area contributed by atoms with Gasteiger partial charge in [-0.05, 0) is 50.7 Å². The molecule has 2 rings (SSSR count). The number of ketones is 1. The number of carbonyl (C=O) groups is 2. The monoisotopic (exact) mass is 310 g/mol. The van der Waals surface area contributed by atoms with Crippen LogP contribution in [0.4, 0.5) is 0 Å². The molecule has 2 aliphatic carbocycles. The molecule has 1 fully saturated rings. The molecule has 1 saturated carbocycles. The molecule has 4 atom stereocenters. The number of esters is 1. The first-order valence-corrected chi connectivity index (χ1v) is 7.82. The summed E-state index contributed by atoms with van der Waals surface area (Å²) in [6.07, 6.45) is 0.118. The van der Waals surface area contributed by atoms with Gasteiger partial charge < -0.3 is 14.9 Å². The second-order valence-corrected chi connectivity index (χ2v) is 7.34. The number of aliphatic hydroxyl groups excluding tert-OH is 1. The fraction of sp³-hybridized carbons (Fsp3) is 0.765. The van der Waals surface area contributed by atoms with Crippen LogP contribution in [-0.2, 0) is 14.3 Å². The van der Waals surface area contributed by atoms with Crippen molar-refractivity contribution < 1.29 is 24.5 Å². The van der Waals surface area contributed by atoms with Gasteiger partial charge in [-0.15, -0.1) is 0 Å². The first kappa shape index (κ1) is 17.2. The van der Waals surface area contributed by atoms with E-state index in [0.29, 0.717) is 24.0 Å². The molecule has 0 aromatic heterocycles. The van der Waals surface area contributed by atoms with Gasteiger partial charge in [-0.1, -0.05) is 6.92 Å². The molecule has 2 N–H and O–H groups in total. The zero-order valence-corrected chi connectivity index (χ0v) is 14.0. The Morgan fingerprint density at radius 2 is 2.00 bits per heavy atom. The molecule has 2 aliphatic rings. The number of ether oxygens (including phenoxy) is 1. The number of aliphatic hydroxyl groups is 2. The number of allylic oxidation sites excluding steroid dienone is 1. The lowest BCUT2D eigenvalue weighted by molar-refractivity contribution is -0.163.